The summed E-state index contributed by atoms with van der Waals surface area (Å²) in [7, 11) is 0. The number of carboxylic acid groups (broad SMARTS) is 1. The highest BCUT2D eigenvalue weighted by atomic mass is 35.5. The summed E-state index contributed by atoms with van der Waals surface area (Å²) in [4.78, 5) is 38.5. The molecule has 0 aliphatic carbocycles. The smallest absolute Gasteiger partial charge is 0.327 e. The fourth-order valence-corrected chi connectivity index (χ4v) is 5.77. The Kier molecular flexibility index (Phi) is 4.81. The molecular formula is C19H17ClFN3O5S. The lowest BCUT2D eigenvalue weighted by Crippen LogP contribution is -2.70. The molecule has 30 heavy (non-hydrogen) atoms. The average molecular weight is 454 g/mol. The molecule has 2 aromatic rings. The van der Waals surface area contributed by atoms with Crippen molar-refractivity contribution < 1.29 is 28.4 Å². The van der Waals surface area contributed by atoms with Gasteiger partial charge in [0.15, 0.2) is 0 Å². The molecule has 1 aromatic carbocycles. The largest absolute Gasteiger partial charge is 0.480 e. The van der Waals surface area contributed by atoms with E-state index in [0.29, 0.717) is 0 Å². The number of carbonyl (C=O) groups is 3. The van der Waals surface area contributed by atoms with Gasteiger partial charge in [0.2, 0.25) is 5.91 Å². The van der Waals surface area contributed by atoms with E-state index in [1.54, 1.807) is 13.8 Å². The summed E-state index contributed by atoms with van der Waals surface area (Å²) in [6.45, 7) is 4.97. The first-order valence-corrected chi connectivity index (χ1v) is 10.2. The molecule has 158 valence electrons. The van der Waals surface area contributed by atoms with Gasteiger partial charge in [0.25, 0.3) is 5.91 Å². The minimum Gasteiger partial charge on any atom is -0.480 e. The first-order valence-electron chi connectivity index (χ1n) is 8.99. The summed E-state index contributed by atoms with van der Waals surface area (Å²) >= 11 is 7.40. The van der Waals surface area contributed by atoms with Crippen LogP contribution in [0.15, 0.2) is 22.7 Å². The number of benzene rings is 1. The molecule has 8 nitrogen and oxygen atoms in total. The summed E-state index contributed by atoms with van der Waals surface area (Å²) in [5.74, 6) is -2.81. The monoisotopic (exact) mass is 453 g/mol. The van der Waals surface area contributed by atoms with E-state index in [1.807, 2.05) is 0 Å². The Labute approximate surface area is 179 Å². The maximum atomic E-state index is 14.4. The zero-order valence-electron chi connectivity index (χ0n) is 16.1. The number of rotatable bonds is 4. The second-order valence-corrected chi connectivity index (χ2v) is 9.79. The van der Waals surface area contributed by atoms with Gasteiger partial charge < -0.3 is 19.8 Å². The normalized spacial score (nSPS) is 24.4. The Morgan fingerprint density at radius 1 is 1.40 bits per heavy atom. The molecular weight excluding hydrogens is 437 g/mol. The molecule has 2 saturated heterocycles. The van der Waals surface area contributed by atoms with Gasteiger partial charge in [-0.15, -0.1) is 11.8 Å². The SMILES string of the molecule is Cc1onc(-c2c(F)cccc2Cl)c1C(=O)N[C@@H]1C(=O)N2C(C(=O)O)C(C)(C)S[C@H]12. The molecule has 0 spiro atoms. The predicted octanol–water partition coefficient (Wildman–Crippen LogP) is 2.69. The Bertz CT molecular complexity index is 1070. The number of aliphatic carboxylic acids is 1. The Balaban J connectivity index is 1.62. The van der Waals surface area contributed by atoms with Crippen LogP contribution in [0, 0.1) is 12.7 Å². The number of hydrogen-bond acceptors (Lipinski definition) is 6. The van der Waals surface area contributed by atoms with Gasteiger partial charge in [0.05, 0.1) is 10.6 Å². The number of carboxylic acids is 1. The van der Waals surface area contributed by atoms with Crippen molar-refractivity contribution in [2.75, 3.05) is 0 Å². The summed E-state index contributed by atoms with van der Waals surface area (Å²) in [5, 5.41) is 15.4. The van der Waals surface area contributed by atoms with E-state index in [1.165, 1.54) is 41.8 Å². The van der Waals surface area contributed by atoms with Gasteiger partial charge in [0.1, 0.15) is 40.3 Å². The third-order valence-corrected chi connectivity index (χ3v) is 7.14. The Hall–Kier alpha value is -2.59. The maximum absolute atomic E-state index is 14.4. The standard InChI is InChI=1S/C19H17ClFN3O5S/c1-7-10(12(23-29-7)11-8(20)5-4-6-9(11)21)15(25)22-13-16(26)24-14(18(27)28)19(2,3)30-17(13)24/h4-6,13-14,17H,1-3H3,(H,22,25)(H,27,28)/t13-,14?,17-/m1/s1. The van der Waals surface area contributed by atoms with E-state index in [9.17, 15) is 23.9 Å². The van der Waals surface area contributed by atoms with E-state index in [-0.39, 0.29) is 27.6 Å². The van der Waals surface area contributed by atoms with Gasteiger partial charge >= 0.3 is 5.97 Å². The van der Waals surface area contributed by atoms with Crippen LogP contribution in [0.25, 0.3) is 11.3 Å². The maximum Gasteiger partial charge on any atom is 0.327 e. The quantitative estimate of drug-likeness (QED) is 0.684. The second kappa shape index (κ2) is 6.98. The number of aryl methyl sites for hydroxylation is 1. The van der Waals surface area contributed by atoms with Crippen LogP contribution in [0.5, 0.6) is 0 Å². The summed E-state index contributed by atoms with van der Waals surface area (Å²) < 4.78 is 18.7. The van der Waals surface area contributed by atoms with Crippen LogP contribution in [-0.4, -0.2) is 55.2 Å². The van der Waals surface area contributed by atoms with Gasteiger partial charge in [-0.05, 0) is 32.9 Å². The first kappa shape index (κ1) is 20.7. The highest BCUT2D eigenvalue weighted by Gasteiger charge is 2.64. The fourth-order valence-electron chi connectivity index (χ4n) is 3.89. The molecule has 2 amide bonds. The summed E-state index contributed by atoms with van der Waals surface area (Å²) in [5.41, 5.74) is -0.185. The average Bonchev–Trinajstić information content (AvgIpc) is 3.14. The van der Waals surface area contributed by atoms with E-state index in [4.69, 9.17) is 16.1 Å². The molecule has 2 aliphatic heterocycles. The number of β-lactam (4-membered cyclic amide) rings is 1. The summed E-state index contributed by atoms with van der Waals surface area (Å²) in [6, 6.07) is 2.17. The molecule has 0 radical (unpaired) electrons. The van der Waals surface area contributed by atoms with Crippen molar-refractivity contribution in [3.63, 3.8) is 0 Å². The van der Waals surface area contributed by atoms with Crippen LogP contribution in [0.1, 0.15) is 30.0 Å². The fraction of sp³-hybridized carbons (Fsp3) is 0.368. The Morgan fingerprint density at radius 3 is 2.73 bits per heavy atom. The van der Waals surface area contributed by atoms with Crippen molar-refractivity contribution >= 4 is 41.1 Å². The number of nitrogens with zero attached hydrogens (tertiary/aromatic N) is 2. The first-order chi connectivity index (χ1) is 14.0. The van der Waals surface area contributed by atoms with Crippen molar-refractivity contribution in [2.45, 2.75) is 43.0 Å². The molecule has 3 atom stereocenters. The topological polar surface area (TPSA) is 113 Å². The number of aromatic nitrogens is 1. The van der Waals surface area contributed by atoms with Crippen LogP contribution in [0.4, 0.5) is 4.39 Å². The number of amides is 2. The number of thioether (sulfide) groups is 1. The molecule has 2 N–H and O–H groups in total. The number of nitrogens with one attached hydrogen (secondary N) is 1. The lowest BCUT2D eigenvalue weighted by Gasteiger charge is -2.43. The third-order valence-electron chi connectivity index (χ3n) is 5.25. The van der Waals surface area contributed by atoms with Gasteiger partial charge in [0, 0.05) is 4.75 Å². The van der Waals surface area contributed by atoms with Crippen molar-refractivity contribution in [3.8, 4) is 11.3 Å². The minimum absolute atomic E-state index is 0.0368. The van der Waals surface area contributed by atoms with Gasteiger partial charge in [-0.3, -0.25) is 9.59 Å². The molecule has 0 bridgehead atoms. The molecule has 1 aromatic heterocycles. The van der Waals surface area contributed by atoms with Crippen LogP contribution >= 0.6 is 23.4 Å². The van der Waals surface area contributed by atoms with E-state index < -0.39 is 45.8 Å². The zero-order valence-corrected chi connectivity index (χ0v) is 17.7. The van der Waals surface area contributed by atoms with Crippen LogP contribution in [0.3, 0.4) is 0 Å². The molecule has 2 aliphatic rings. The summed E-state index contributed by atoms with van der Waals surface area (Å²) in [6.07, 6.45) is 0. The van der Waals surface area contributed by atoms with Gasteiger partial charge in [-0.2, -0.15) is 0 Å². The highest BCUT2D eigenvalue weighted by Crippen LogP contribution is 2.50. The molecule has 3 heterocycles. The Morgan fingerprint density at radius 2 is 2.10 bits per heavy atom. The van der Waals surface area contributed by atoms with Gasteiger partial charge in [-0.25, -0.2) is 9.18 Å². The molecule has 2 fully saturated rings. The van der Waals surface area contributed by atoms with Crippen molar-refractivity contribution in [2.24, 2.45) is 0 Å². The number of fused-ring (bicyclic) bond motifs is 1. The number of halogens is 2. The van der Waals surface area contributed by atoms with Crippen LogP contribution in [0.2, 0.25) is 5.02 Å². The molecule has 1 unspecified atom stereocenters. The van der Waals surface area contributed by atoms with Crippen molar-refractivity contribution in [3.05, 3.63) is 40.4 Å². The number of hydrogen-bond donors (Lipinski definition) is 2. The van der Waals surface area contributed by atoms with Gasteiger partial charge in [-0.1, -0.05) is 22.8 Å². The van der Waals surface area contributed by atoms with Crippen LogP contribution < -0.4 is 5.32 Å². The minimum atomic E-state index is -1.10. The van der Waals surface area contributed by atoms with Crippen molar-refractivity contribution in [1.82, 2.24) is 15.4 Å². The van der Waals surface area contributed by atoms with E-state index in [0.717, 1.165) is 0 Å². The number of carbonyl (C=O) groups excluding carboxylic acids is 2. The predicted molar refractivity (Wildman–Crippen MR) is 107 cm³/mol. The molecule has 0 saturated carbocycles. The second-order valence-electron chi connectivity index (χ2n) is 7.61. The lowest BCUT2D eigenvalue weighted by atomic mass is 9.95. The molecule has 11 heteroatoms. The zero-order chi connectivity index (χ0) is 22.0. The third kappa shape index (κ3) is 2.97. The van der Waals surface area contributed by atoms with E-state index >= 15 is 0 Å². The van der Waals surface area contributed by atoms with Crippen molar-refractivity contribution in [1.29, 1.82) is 0 Å². The molecule has 4 rings (SSSR count). The van der Waals surface area contributed by atoms with Crippen LogP contribution in [-0.2, 0) is 9.59 Å². The van der Waals surface area contributed by atoms with E-state index in [2.05, 4.69) is 10.5 Å². The lowest BCUT2D eigenvalue weighted by molar-refractivity contribution is -0.159. The highest BCUT2D eigenvalue weighted by molar-refractivity contribution is 8.01.